The summed E-state index contributed by atoms with van der Waals surface area (Å²) in [5.41, 5.74) is 8.05. The molecule has 1 aliphatic rings. The molecule has 1 aromatic rings. The quantitative estimate of drug-likeness (QED) is 0.507. The molecule has 1 unspecified atom stereocenters. The van der Waals surface area contributed by atoms with E-state index in [9.17, 15) is 4.79 Å². The molecule has 4 heteroatoms. The maximum absolute atomic E-state index is 11.5. The molecule has 1 atom stereocenters. The number of anilines is 2. The maximum atomic E-state index is 11.5. The van der Waals surface area contributed by atoms with Gasteiger partial charge in [-0.1, -0.05) is 6.07 Å². The van der Waals surface area contributed by atoms with Crippen molar-refractivity contribution in [2.45, 2.75) is 18.2 Å². The number of nitrogens with two attached hydrogens (primary N) is 1. The fourth-order valence-electron chi connectivity index (χ4n) is 1.56. The van der Waals surface area contributed by atoms with Crippen molar-refractivity contribution in [2.24, 2.45) is 0 Å². The Hall–Kier alpha value is -1.22. The Balaban J connectivity index is 2.46. The predicted molar refractivity (Wildman–Crippen MR) is 57.4 cm³/mol. The third-order valence-corrected chi connectivity index (χ3v) is 2.68. The molecular weight excluding hydrogens is 200 g/mol. The van der Waals surface area contributed by atoms with E-state index in [1.165, 1.54) is 0 Å². The minimum Gasteiger partial charge on any atom is -0.399 e. The highest BCUT2D eigenvalue weighted by atomic mass is 35.5. The van der Waals surface area contributed by atoms with Crippen molar-refractivity contribution < 1.29 is 4.79 Å². The minimum atomic E-state index is -0.844. The number of rotatable bonds is 0. The van der Waals surface area contributed by atoms with Gasteiger partial charge < -0.3 is 11.1 Å². The third kappa shape index (κ3) is 1.44. The van der Waals surface area contributed by atoms with Crippen LogP contribution in [-0.2, 0) is 11.2 Å². The molecular formula is C10H11ClN2O. The summed E-state index contributed by atoms with van der Waals surface area (Å²) in [6, 6.07) is 5.45. The van der Waals surface area contributed by atoms with Crippen molar-refractivity contribution in [3.8, 4) is 0 Å². The lowest BCUT2D eigenvalue weighted by atomic mass is 9.94. The number of nitrogen functional groups attached to an aromatic ring is 1. The Kier molecular flexibility index (Phi) is 1.93. The highest BCUT2D eigenvalue weighted by Gasteiger charge is 2.35. The molecule has 3 N–H and O–H groups in total. The zero-order valence-corrected chi connectivity index (χ0v) is 8.56. The molecule has 3 nitrogen and oxygen atoms in total. The number of amides is 1. The number of benzene rings is 1. The number of hydrogen-bond acceptors (Lipinski definition) is 2. The number of carbonyl (C=O) groups is 1. The third-order valence-electron chi connectivity index (χ3n) is 2.38. The molecule has 1 aromatic carbocycles. The number of alkyl halides is 1. The van der Waals surface area contributed by atoms with Crippen LogP contribution in [0.1, 0.15) is 12.5 Å². The van der Waals surface area contributed by atoms with E-state index in [0.29, 0.717) is 12.1 Å². The van der Waals surface area contributed by atoms with Gasteiger partial charge in [0, 0.05) is 17.8 Å². The number of halogens is 1. The Morgan fingerprint density at radius 2 is 2.29 bits per heavy atom. The molecule has 0 saturated carbocycles. The molecule has 0 saturated heterocycles. The van der Waals surface area contributed by atoms with Gasteiger partial charge in [0.25, 0.3) is 0 Å². The van der Waals surface area contributed by atoms with Crippen molar-refractivity contribution >= 4 is 28.9 Å². The molecule has 0 aliphatic carbocycles. The summed E-state index contributed by atoms with van der Waals surface area (Å²) in [4.78, 5) is 10.7. The van der Waals surface area contributed by atoms with Crippen LogP contribution >= 0.6 is 11.6 Å². The molecule has 0 spiro atoms. The normalized spacial score (nSPS) is 25.4. The summed E-state index contributed by atoms with van der Waals surface area (Å²) in [5, 5.41) is 2.74. The van der Waals surface area contributed by atoms with Crippen LogP contribution < -0.4 is 11.1 Å². The smallest absolute Gasteiger partial charge is 0.245 e. The minimum absolute atomic E-state index is 0.169. The van der Waals surface area contributed by atoms with Crippen LogP contribution in [0.5, 0.6) is 0 Å². The van der Waals surface area contributed by atoms with E-state index in [1.54, 1.807) is 13.0 Å². The standard InChI is InChI=1S/C10H11ClN2O/c1-10(11)5-6-2-3-7(12)4-8(6)13-9(10)14/h2-4H,5,12H2,1H3,(H,13,14). The fourth-order valence-corrected chi connectivity index (χ4v) is 1.75. The number of hydrogen-bond donors (Lipinski definition) is 2. The van der Waals surface area contributed by atoms with Crippen molar-refractivity contribution in [1.29, 1.82) is 0 Å². The molecule has 1 aliphatic heterocycles. The first-order chi connectivity index (χ1) is 6.49. The topological polar surface area (TPSA) is 55.1 Å². The molecule has 0 aromatic heterocycles. The SMILES string of the molecule is CC1(Cl)Cc2ccc(N)cc2NC1=O. The van der Waals surface area contributed by atoms with Crippen molar-refractivity contribution in [1.82, 2.24) is 0 Å². The molecule has 1 heterocycles. The zero-order chi connectivity index (χ0) is 10.3. The Morgan fingerprint density at radius 1 is 1.57 bits per heavy atom. The van der Waals surface area contributed by atoms with Crippen LogP contribution in [0.4, 0.5) is 11.4 Å². The van der Waals surface area contributed by atoms with Crippen LogP contribution in [0.3, 0.4) is 0 Å². The van der Waals surface area contributed by atoms with E-state index in [-0.39, 0.29) is 5.91 Å². The Morgan fingerprint density at radius 3 is 3.00 bits per heavy atom. The number of nitrogens with one attached hydrogen (secondary N) is 1. The lowest BCUT2D eigenvalue weighted by Crippen LogP contribution is -2.40. The lowest BCUT2D eigenvalue weighted by Gasteiger charge is -2.28. The van der Waals surface area contributed by atoms with Crippen LogP contribution in [0.15, 0.2) is 18.2 Å². The van der Waals surface area contributed by atoms with Crippen LogP contribution in [0, 0.1) is 0 Å². The van der Waals surface area contributed by atoms with E-state index in [2.05, 4.69) is 5.32 Å². The van der Waals surface area contributed by atoms with Gasteiger partial charge in [0.2, 0.25) is 5.91 Å². The Bertz CT molecular complexity index is 401. The molecule has 2 rings (SSSR count). The summed E-state index contributed by atoms with van der Waals surface area (Å²) < 4.78 is 0. The first-order valence-electron chi connectivity index (χ1n) is 4.38. The van der Waals surface area contributed by atoms with Crippen molar-refractivity contribution in [2.75, 3.05) is 11.1 Å². The molecule has 14 heavy (non-hydrogen) atoms. The van der Waals surface area contributed by atoms with Gasteiger partial charge in [0.05, 0.1) is 0 Å². The first kappa shape index (κ1) is 9.34. The molecule has 0 fully saturated rings. The predicted octanol–water partition coefficient (Wildman–Crippen LogP) is 1.76. The highest BCUT2D eigenvalue weighted by Crippen LogP contribution is 2.32. The molecule has 0 bridgehead atoms. The maximum Gasteiger partial charge on any atom is 0.245 e. The Labute approximate surface area is 87.2 Å². The average molecular weight is 211 g/mol. The molecule has 1 amide bonds. The van der Waals surface area contributed by atoms with Crippen LogP contribution in [0.2, 0.25) is 0 Å². The van der Waals surface area contributed by atoms with Gasteiger partial charge in [-0.25, -0.2) is 0 Å². The van der Waals surface area contributed by atoms with Gasteiger partial charge in [-0.2, -0.15) is 0 Å². The second kappa shape index (κ2) is 2.89. The van der Waals surface area contributed by atoms with Gasteiger partial charge in [-0.15, -0.1) is 11.6 Å². The van der Waals surface area contributed by atoms with Crippen LogP contribution in [-0.4, -0.2) is 10.8 Å². The van der Waals surface area contributed by atoms with E-state index in [0.717, 1.165) is 11.3 Å². The molecule has 74 valence electrons. The van der Waals surface area contributed by atoms with E-state index in [4.69, 9.17) is 17.3 Å². The number of carbonyl (C=O) groups excluding carboxylic acids is 1. The van der Waals surface area contributed by atoms with E-state index >= 15 is 0 Å². The zero-order valence-electron chi connectivity index (χ0n) is 7.80. The summed E-state index contributed by atoms with van der Waals surface area (Å²) in [6.45, 7) is 1.71. The van der Waals surface area contributed by atoms with Crippen molar-refractivity contribution in [3.63, 3.8) is 0 Å². The van der Waals surface area contributed by atoms with Gasteiger partial charge in [0.15, 0.2) is 0 Å². The lowest BCUT2D eigenvalue weighted by molar-refractivity contribution is -0.118. The first-order valence-corrected chi connectivity index (χ1v) is 4.75. The molecule has 0 radical (unpaired) electrons. The van der Waals surface area contributed by atoms with E-state index < -0.39 is 4.87 Å². The van der Waals surface area contributed by atoms with Gasteiger partial charge >= 0.3 is 0 Å². The van der Waals surface area contributed by atoms with Gasteiger partial charge in [-0.3, -0.25) is 4.79 Å². The van der Waals surface area contributed by atoms with Gasteiger partial charge in [-0.05, 0) is 24.6 Å². The van der Waals surface area contributed by atoms with Crippen molar-refractivity contribution in [3.05, 3.63) is 23.8 Å². The summed E-state index contributed by atoms with van der Waals surface area (Å²) in [5.74, 6) is -0.169. The number of fused-ring (bicyclic) bond motifs is 1. The summed E-state index contributed by atoms with van der Waals surface area (Å²) >= 11 is 6.05. The largest absolute Gasteiger partial charge is 0.399 e. The monoisotopic (exact) mass is 210 g/mol. The highest BCUT2D eigenvalue weighted by molar-refractivity contribution is 6.37. The average Bonchev–Trinajstić information content (AvgIpc) is 2.08. The van der Waals surface area contributed by atoms with Gasteiger partial charge in [0.1, 0.15) is 4.87 Å². The fraction of sp³-hybridized carbons (Fsp3) is 0.300. The summed E-state index contributed by atoms with van der Waals surface area (Å²) in [6.07, 6.45) is 0.538. The van der Waals surface area contributed by atoms with Crippen LogP contribution in [0.25, 0.3) is 0 Å². The summed E-state index contributed by atoms with van der Waals surface area (Å²) in [7, 11) is 0. The second-order valence-electron chi connectivity index (χ2n) is 3.74. The second-order valence-corrected chi connectivity index (χ2v) is 4.58. The van der Waals surface area contributed by atoms with E-state index in [1.807, 2.05) is 12.1 Å².